The minimum Gasteiger partial charge on any atom is -0.465 e. The third kappa shape index (κ3) is 2.19. The van der Waals surface area contributed by atoms with Crippen molar-refractivity contribution in [2.24, 2.45) is 0 Å². The van der Waals surface area contributed by atoms with Crippen LogP contribution in [0.4, 0.5) is 4.39 Å². The summed E-state index contributed by atoms with van der Waals surface area (Å²) in [5.41, 5.74) is -0.0607. The van der Waals surface area contributed by atoms with Gasteiger partial charge >= 0.3 is 5.97 Å². The Morgan fingerprint density at radius 3 is 2.77 bits per heavy atom. The average molecular weight is 359 g/mol. The van der Waals surface area contributed by atoms with Crippen molar-refractivity contribution >= 4 is 44.5 Å². The molecule has 0 aliphatic heterocycles. The van der Waals surface area contributed by atoms with Crippen molar-refractivity contribution in [2.45, 2.75) is 0 Å². The van der Waals surface area contributed by atoms with E-state index in [2.05, 4.69) is 20.7 Å². The van der Waals surface area contributed by atoms with Gasteiger partial charge in [-0.25, -0.2) is 9.18 Å². The Kier molecular flexibility index (Phi) is 3.66. The van der Waals surface area contributed by atoms with Crippen molar-refractivity contribution in [1.82, 2.24) is 0 Å². The Balaban J connectivity index is 3.33. The average Bonchev–Trinajstić information content (AvgIpc) is 2.12. The van der Waals surface area contributed by atoms with E-state index >= 15 is 0 Å². The highest BCUT2D eigenvalue weighted by Crippen LogP contribution is 2.26. The molecule has 0 saturated heterocycles. The van der Waals surface area contributed by atoms with Crippen molar-refractivity contribution in [3.63, 3.8) is 0 Å². The van der Waals surface area contributed by atoms with E-state index in [1.54, 1.807) is 6.07 Å². The highest BCUT2D eigenvalue weighted by molar-refractivity contribution is 14.1. The van der Waals surface area contributed by atoms with Gasteiger partial charge in [0.25, 0.3) is 0 Å². The number of hydrogen-bond donors (Lipinski definition) is 0. The van der Waals surface area contributed by atoms with Gasteiger partial charge in [-0.15, -0.1) is 0 Å². The maximum atomic E-state index is 13.1. The molecule has 0 radical (unpaired) electrons. The van der Waals surface area contributed by atoms with Gasteiger partial charge in [-0.1, -0.05) is 0 Å². The highest BCUT2D eigenvalue weighted by Gasteiger charge is 2.17. The van der Waals surface area contributed by atoms with Crippen molar-refractivity contribution in [2.75, 3.05) is 7.11 Å². The van der Waals surface area contributed by atoms with Gasteiger partial charge in [0.1, 0.15) is 11.4 Å². The van der Waals surface area contributed by atoms with Crippen LogP contribution < -0.4 is 0 Å². The fourth-order valence-corrected chi connectivity index (χ4v) is 1.75. The van der Waals surface area contributed by atoms with Crippen LogP contribution in [0.2, 0.25) is 0 Å². The molecule has 0 aliphatic carbocycles. The van der Waals surface area contributed by atoms with Crippen LogP contribution in [-0.2, 0) is 4.74 Å². The molecule has 1 aromatic carbocycles. The third-order valence-corrected chi connectivity index (χ3v) is 3.90. The Morgan fingerprint density at radius 2 is 2.23 bits per heavy atom. The maximum Gasteiger partial charge on any atom is 0.342 e. The molecule has 0 heterocycles. The molecule has 0 aromatic heterocycles. The predicted octanol–water partition coefficient (Wildman–Crippen LogP) is 2.98. The summed E-state index contributed by atoms with van der Waals surface area (Å²) in [6, 6.07) is 2.81. The van der Waals surface area contributed by atoms with Crippen molar-refractivity contribution < 1.29 is 13.9 Å². The van der Waals surface area contributed by atoms with Crippen molar-refractivity contribution in [1.29, 1.82) is 0 Å². The molecule has 0 amide bonds. The molecular formula is C8H5BrFIO2. The second-order valence-electron chi connectivity index (χ2n) is 2.21. The molecule has 0 N–H and O–H groups in total. The Labute approximate surface area is 96.7 Å². The first-order chi connectivity index (χ1) is 6.07. The number of methoxy groups -OCH3 is 1. The number of carbonyl (C=O) groups is 1. The number of ether oxygens (including phenoxy) is 1. The SMILES string of the molecule is COC(=O)c1c(F)ccc(I)c1Br. The summed E-state index contributed by atoms with van der Waals surface area (Å²) < 4.78 is 18.8. The van der Waals surface area contributed by atoms with Gasteiger partial charge in [0, 0.05) is 8.04 Å². The highest BCUT2D eigenvalue weighted by atomic mass is 127. The Morgan fingerprint density at radius 1 is 1.62 bits per heavy atom. The molecule has 0 unspecified atom stereocenters. The zero-order valence-corrected chi connectivity index (χ0v) is 10.3. The summed E-state index contributed by atoms with van der Waals surface area (Å²) in [6.07, 6.45) is 0. The molecule has 2 nitrogen and oxygen atoms in total. The van der Waals surface area contributed by atoms with Crippen LogP contribution in [0.1, 0.15) is 10.4 Å². The molecule has 5 heteroatoms. The van der Waals surface area contributed by atoms with Gasteiger partial charge in [-0.2, -0.15) is 0 Å². The number of halogens is 3. The normalized spacial score (nSPS) is 9.85. The van der Waals surface area contributed by atoms with E-state index in [1.165, 1.54) is 13.2 Å². The molecule has 0 saturated carbocycles. The Bertz CT molecular complexity index is 354. The van der Waals surface area contributed by atoms with Crippen LogP contribution in [0.3, 0.4) is 0 Å². The van der Waals surface area contributed by atoms with E-state index in [0.717, 1.165) is 3.57 Å². The lowest BCUT2D eigenvalue weighted by Crippen LogP contribution is -2.06. The molecule has 0 atom stereocenters. The largest absolute Gasteiger partial charge is 0.465 e. The van der Waals surface area contributed by atoms with Gasteiger partial charge in [0.05, 0.1) is 7.11 Å². The van der Waals surface area contributed by atoms with Gasteiger partial charge in [-0.05, 0) is 50.7 Å². The Hall–Kier alpha value is -0.170. The van der Waals surface area contributed by atoms with E-state index in [1.807, 2.05) is 22.6 Å². The lowest BCUT2D eigenvalue weighted by atomic mass is 10.2. The first-order valence-electron chi connectivity index (χ1n) is 3.29. The lowest BCUT2D eigenvalue weighted by molar-refractivity contribution is 0.0594. The zero-order valence-electron chi connectivity index (χ0n) is 6.61. The fraction of sp³-hybridized carbons (Fsp3) is 0.125. The molecule has 0 fully saturated rings. The first kappa shape index (κ1) is 10.9. The summed E-state index contributed by atoms with van der Waals surface area (Å²) >= 11 is 5.12. The van der Waals surface area contributed by atoms with Crippen LogP contribution in [0.15, 0.2) is 16.6 Å². The number of hydrogen-bond acceptors (Lipinski definition) is 2. The standard InChI is InChI=1S/C8H5BrFIO2/c1-13-8(12)6-4(10)2-3-5(11)7(6)9/h2-3H,1H3. The third-order valence-electron chi connectivity index (χ3n) is 1.43. The van der Waals surface area contributed by atoms with Crippen molar-refractivity contribution in [3.8, 4) is 0 Å². The maximum absolute atomic E-state index is 13.1. The first-order valence-corrected chi connectivity index (χ1v) is 5.17. The van der Waals surface area contributed by atoms with Gasteiger partial charge in [0.2, 0.25) is 0 Å². The second-order valence-corrected chi connectivity index (χ2v) is 4.16. The molecule has 1 rings (SSSR count). The molecule has 0 bridgehead atoms. The fourth-order valence-electron chi connectivity index (χ4n) is 0.816. The van der Waals surface area contributed by atoms with E-state index < -0.39 is 11.8 Å². The van der Waals surface area contributed by atoms with Crippen molar-refractivity contribution in [3.05, 3.63) is 31.6 Å². The van der Waals surface area contributed by atoms with E-state index in [-0.39, 0.29) is 5.56 Å². The number of esters is 1. The summed E-state index contributed by atoms with van der Waals surface area (Å²) in [7, 11) is 1.22. The molecule has 0 spiro atoms. The minimum atomic E-state index is -0.678. The van der Waals surface area contributed by atoms with Gasteiger partial charge in [0.15, 0.2) is 0 Å². The molecule has 0 aliphatic rings. The monoisotopic (exact) mass is 358 g/mol. The van der Waals surface area contributed by atoms with Crippen LogP contribution in [-0.4, -0.2) is 13.1 Å². The molecule has 13 heavy (non-hydrogen) atoms. The minimum absolute atomic E-state index is 0.0607. The van der Waals surface area contributed by atoms with E-state index in [9.17, 15) is 9.18 Å². The number of benzene rings is 1. The lowest BCUT2D eigenvalue weighted by Gasteiger charge is -2.04. The summed E-state index contributed by atoms with van der Waals surface area (Å²) in [5, 5.41) is 0. The number of carbonyl (C=O) groups excluding carboxylic acids is 1. The van der Waals surface area contributed by atoms with Gasteiger partial charge < -0.3 is 4.74 Å². The summed E-state index contributed by atoms with van der Waals surface area (Å²) in [5.74, 6) is -1.26. The van der Waals surface area contributed by atoms with E-state index in [4.69, 9.17) is 0 Å². The summed E-state index contributed by atoms with van der Waals surface area (Å²) in [6.45, 7) is 0. The molecular weight excluding hydrogens is 354 g/mol. The summed E-state index contributed by atoms with van der Waals surface area (Å²) in [4.78, 5) is 11.1. The van der Waals surface area contributed by atoms with Crippen LogP contribution in [0.25, 0.3) is 0 Å². The van der Waals surface area contributed by atoms with Crippen LogP contribution >= 0.6 is 38.5 Å². The van der Waals surface area contributed by atoms with E-state index in [0.29, 0.717) is 4.47 Å². The van der Waals surface area contributed by atoms with Crippen LogP contribution in [0.5, 0.6) is 0 Å². The quantitative estimate of drug-likeness (QED) is 0.438. The smallest absolute Gasteiger partial charge is 0.342 e. The topological polar surface area (TPSA) is 26.3 Å². The number of rotatable bonds is 1. The van der Waals surface area contributed by atoms with Crippen LogP contribution in [0, 0.1) is 9.39 Å². The molecule has 70 valence electrons. The molecule has 1 aromatic rings. The van der Waals surface area contributed by atoms with Gasteiger partial charge in [-0.3, -0.25) is 0 Å². The second kappa shape index (κ2) is 4.36. The zero-order chi connectivity index (χ0) is 10.0. The predicted molar refractivity (Wildman–Crippen MR) is 58.2 cm³/mol.